The number of hydrogen-bond acceptors (Lipinski definition) is 4. The smallest absolute Gasteiger partial charge is 0.333 e. The lowest BCUT2D eigenvalue weighted by Crippen LogP contribution is -2.07. The van der Waals surface area contributed by atoms with Gasteiger partial charge in [0.2, 0.25) is 0 Å². The van der Waals surface area contributed by atoms with Gasteiger partial charge in [-0.2, -0.15) is 0 Å². The van der Waals surface area contributed by atoms with Crippen LogP contribution in [0.1, 0.15) is 124 Å². The maximum absolute atomic E-state index is 11.1. The molecule has 0 spiro atoms. The molecule has 0 N–H and O–H groups in total. The third-order valence-corrected chi connectivity index (χ3v) is 5.03. The van der Waals surface area contributed by atoms with Crippen molar-refractivity contribution in [3.05, 3.63) is 24.3 Å². The van der Waals surface area contributed by atoms with E-state index in [1.807, 2.05) is 6.92 Å². The highest BCUT2D eigenvalue weighted by atomic mass is 16.5. The Bertz CT molecular complexity index is 468. The maximum Gasteiger partial charge on any atom is 0.333 e. The molecule has 31 heavy (non-hydrogen) atoms. The molecule has 0 aliphatic rings. The Morgan fingerprint density at radius 2 is 0.935 bits per heavy atom. The second kappa shape index (κ2) is 24.7. The predicted octanol–water partition coefficient (Wildman–Crippen LogP) is 8.10. The molecule has 0 saturated heterocycles. The molecule has 0 aromatic heterocycles. The van der Waals surface area contributed by atoms with Crippen LogP contribution in [0, 0.1) is 0 Å². The molecule has 0 bridgehead atoms. The second-order valence-corrected chi connectivity index (χ2v) is 8.25. The van der Waals surface area contributed by atoms with E-state index in [4.69, 9.17) is 9.47 Å². The Balaban J connectivity index is 0. The Labute approximate surface area is 192 Å². The normalized spacial score (nSPS) is 10.1. The number of carbonyl (C=O) groups is 2. The first-order chi connectivity index (χ1) is 14.9. The van der Waals surface area contributed by atoms with Crippen LogP contribution in [0.3, 0.4) is 0 Å². The molecule has 0 aliphatic carbocycles. The molecule has 4 nitrogen and oxygen atoms in total. The average molecular weight is 439 g/mol. The first kappa shape index (κ1) is 31.6. The summed E-state index contributed by atoms with van der Waals surface area (Å²) >= 11 is 0. The van der Waals surface area contributed by atoms with Gasteiger partial charge in [0, 0.05) is 11.1 Å². The van der Waals surface area contributed by atoms with Crippen LogP contribution in [-0.2, 0) is 19.1 Å². The van der Waals surface area contributed by atoms with Crippen molar-refractivity contribution in [3.63, 3.8) is 0 Å². The van der Waals surface area contributed by atoms with Gasteiger partial charge in [0.1, 0.15) is 0 Å². The van der Waals surface area contributed by atoms with E-state index in [0.29, 0.717) is 30.8 Å². The molecule has 0 aromatic rings. The third kappa shape index (κ3) is 24.6. The van der Waals surface area contributed by atoms with Crippen molar-refractivity contribution in [2.75, 3.05) is 13.2 Å². The fourth-order valence-corrected chi connectivity index (χ4v) is 2.82. The average Bonchev–Trinajstić information content (AvgIpc) is 2.76. The zero-order chi connectivity index (χ0) is 23.7. The summed E-state index contributed by atoms with van der Waals surface area (Å²) in [5.41, 5.74) is 1.05. The van der Waals surface area contributed by atoms with E-state index in [0.717, 1.165) is 19.3 Å². The Morgan fingerprint density at radius 1 is 0.581 bits per heavy atom. The van der Waals surface area contributed by atoms with E-state index in [1.54, 1.807) is 6.92 Å². The number of rotatable bonds is 19. The van der Waals surface area contributed by atoms with E-state index < -0.39 is 0 Å². The SMILES string of the molecule is C=C(C)C(=O)OCCCCCCCCCCCC.C=C(CC)C(=O)OCCCCCC. The lowest BCUT2D eigenvalue weighted by Gasteiger charge is -2.04. The van der Waals surface area contributed by atoms with Gasteiger partial charge < -0.3 is 9.47 Å². The Morgan fingerprint density at radius 3 is 1.32 bits per heavy atom. The predicted molar refractivity (Wildman–Crippen MR) is 132 cm³/mol. The molecule has 0 unspecified atom stereocenters. The van der Waals surface area contributed by atoms with Crippen molar-refractivity contribution >= 4 is 11.9 Å². The number of unbranched alkanes of at least 4 members (excludes halogenated alkanes) is 12. The molecule has 0 atom stereocenters. The number of esters is 2. The van der Waals surface area contributed by atoms with Gasteiger partial charge >= 0.3 is 11.9 Å². The highest BCUT2D eigenvalue weighted by Crippen LogP contribution is 2.10. The minimum absolute atomic E-state index is 0.237. The summed E-state index contributed by atoms with van der Waals surface area (Å²) in [6.45, 7) is 16.2. The third-order valence-electron chi connectivity index (χ3n) is 5.03. The van der Waals surface area contributed by atoms with Gasteiger partial charge in [0.05, 0.1) is 13.2 Å². The summed E-state index contributed by atoms with van der Waals surface area (Å²) in [4.78, 5) is 22.2. The van der Waals surface area contributed by atoms with Crippen molar-refractivity contribution in [2.45, 2.75) is 124 Å². The molecule has 0 aliphatic heterocycles. The molecule has 0 saturated carbocycles. The van der Waals surface area contributed by atoms with Crippen LogP contribution in [0.4, 0.5) is 0 Å². The van der Waals surface area contributed by atoms with Crippen LogP contribution in [0.5, 0.6) is 0 Å². The number of hydrogen-bond donors (Lipinski definition) is 0. The lowest BCUT2D eigenvalue weighted by atomic mass is 10.1. The standard InChI is InChI=1S/C16H30O2.C11H20O2/c1-4-5-6-7-8-9-10-11-12-13-14-18-16(17)15(2)3;1-4-6-7-8-9-13-11(12)10(3)5-2/h2,4-14H2,1,3H3;3-9H2,1-2H3. The van der Waals surface area contributed by atoms with Crippen LogP contribution in [0.25, 0.3) is 0 Å². The second-order valence-electron chi connectivity index (χ2n) is 8.25. The van der Waals surface area contributed by atoms with Crippen LogP contribution < -0.4 is 0 Å². The van der Waals surface area contributed by atoms with Crippen molar-refractivity contribution in [3.8, 4) is 0 Å². The maximum atomic E-state index is 11.1. The lowest BCUT2D eigenvalue weighted by molar-refractivity contribution is -0.140. The van der Waals surface area contributed by atoms with Gasteiger partial charge in [-0.25, -0.2) is 9.59 Å². The van der Waals surface area contributed by atoms with Crippen molar-refractivity contribution in [1.82, 2.24) is 0 Å². The van der Waals surface area contributed by atoms with Crippen LogP contribution in [0.15, 0.2) is 24.3 Å². The minimum Gasteiger partial charge on any atom is -0.462 e. The molecular formula is C27H50O4. The van der Waals surface area contributed by atoms with E-state index >= 15 is 0 Å². The molecular weight excluding hydrogens is 388 g/mol. The van der Waals surface area contributed by atoms with Crippen LogP contribution in [0.2, 0.25) is 0 Å². The summed E-state index contributed by atoms with van der Waals surface area (Å²) in [5, 5.41) is 0. The van der Waals surface area contributed by atoms with Crippen molar-refractivity contribution in [2.24, 2.45) is 0 Å². The molecule has 0 aromatic carbocycles. The number of carbonyl (C=O) groups excluding carboxylic acids is 2. The summed E-state index contributed by atoms with van der Waals surface area (Å²) in [6.07, 6.45) is 18.2. The molecule has 0 rings (SSSR count). The first-order valence-electron chi connectivity index (χ1n) is 12.6. The van der Waals surface area contributed by atoms with Crippen molar-refractivity contribution in [1.29, 1.82) is 0 Å². The van der Waals surface area contributed by atoms with Gasteiger partial charge in [-0.1, -0.05) is 111 Å². The Kier molecular flexibility index (Phi) is 25.2. The Hall–Kier alpha value is -1.58. The van der Waals surface area contributed by atoms with Crippen LogP contribution in [-0.4, -0.2) is 25.2 Å². The fourth-order valence-electron chi connectivity index (χ4n) is 2.82. The van der Waals surface area contributed by atoms with Gasteiger partial charge in [-0.3, -0.25) is 0 Å². The summed E-state index contributed by atoms with van der Waals surface area (Å²) in [5.74, 6) is -0.495. The van der Waals surface area contributed by atoms with Gasteiger partial charge in [-0.15, -0.1) is 0 Å². The van der Waals surface area contributed by atoms with Crippen molar-refractivity contribution < 1.29 is 19.1 Å². The first-order valence-corrected chi connectivity index (χ1v) is 12.6. The monoisotopic (exact) mass is 438 g/mol. The van der Waals surface area contributed by atoms with E-state index in [9.17, 15) is 9.59 Å². The highest BCUT2D eigenvalue weighted by Gasteiger charge is 2.04. The topological polar surface area (TPSA) is 52.6 Å². The molecule has 0 heterocycles. The zero-order valence-electron chi connectivity index (χ0n) is 21.1. The van der Waals surface area contributed by atoms with E-state index in [2.05, 4.69) is 27.0 Å². The van der Waals surface area contributed by atoms with Gasteiger partial charge in [0.15, 0.2) is 0 Å². The molecule has 182 valence electrons. The van der Waals surface area contributed by atoms with E-state index in [-0.39, 0.29) is 11.9 Å². The largest absolute Gasteiger partial charge is 0.462 e. The zero-order valence-corrected chi connectivity index (χ0v) is 21.1. The summed E-state index contributed by atoms with van der Waals surface area (Å²) in [6, 6.07) is 0. The van der Waals surface area contributed by atoms with E-state index in [1.165, 1.54) is 70.6 Å². The quantitative estimate of drug-likeness (QED) is 0.116. The summed E-state index contributed by atoms with van der Waals surface area (Å²) in [7, 11) is 0. The molecule has 0 amide bonds. The molecule has 0 radical (unpaired) electrons. The van der Waals surface area contributed by atoms with Gasteiger partial charge in [0.25, 0.3) is 0 Å². The fraction of sp³-hybridized carbons (Fsp3) is 0.778. The summed E-state index contributed by atoms with van der Waals surface area (Å²) < 4.78 is 10.0. The molecule has 4 heteroatoms. The highest BCUT2D eigenvalue weighted by molar-refractivity contribution is 5.87. The molecule has 0 fully saturated rings. The van der Waals surface area contributed by atoms with Crippen LogP contribution >= 0.6 is 0 Å². The minimum atomic E-state index is -0.258. The van der Waals surface area contributed by atoms with Gasteiger partial charge in [-0.05, 0) is 26.2 Å². The number of ether oxygens (including phenoxy) is 2.